The van der Waals surface area contributed by atoms with Gasteiger partial charge in [0.25, 0.3) is 10.0 Å². The zero-order valence-electron chi connectivity index (χ0n) is 16.5. The Bertz CT molecular complexity index is 986. The highest BCUT2D eigenvalue weighted by Gasteiger charge is 2.24. The molecule has 0 unspecified atom stereocenters. The second kappa shape index (κ2) is 8.22. The summed E-state index contributed by atoms with van der Waals surface area (Å²) < 4.78 is 33.4. The highest BCUT2D eigenvalue weighted by atomic mass is 32.2. The van der Waals surface area contributed by atoms with Gasteiger partial charge in [0.2, 0.25) is 5.91 Å². The van der Waals surface area contributed by atoms with Crippen molar-refractivity contribution in [3.8, 4) is 5.75 Å². The maximum atomic E-state index is 12.8. The second-order valence-electron chi connectivity index (χ2n) is 6.98. The number of unbranched alkanes of at least 4 members (excludes halogenated alkanes) is 1. The van der Waals surface area contributed by atoms with Gasteiger partial charge in [-0.3, -0.25) is 9.52 Å². The molecule has 0 fully saturated rings. The van der Waals surface area contributed by atoms with Crippen LogP contribution < -0.4 is 14.4 Å². The Balaban J connectivity index is 1.85. The summed E-state index contributed by atoms with van der Waals surface area (Å²) in [4.78, 5) is 14.2. The number of methoxy groups -OCH3 is 1. The number of ether oxygens (including phenoxy) is 1. The van der Waals surface area contributed by atoms with Crippen molar-refractivity contribution in [2.45, 2.75) is 44.4 Å². The van der Waals surface area contributed by atoms with Crippen LogP contribution in [0.15, 0.2) is 41.3 Å². The predicted octanol–water partition coefficient (Wildman–Crippen LogP) is 3.88. The molecule has 1 aliphatic heterocycles. The topological polar surface area (TPSA) is 75.7 Å². The highest BCUT2D eigenvalue weighted by molar-refractivity contribution is 7.92. The smallest absolute Gasteiger partial charge is 0.261 e. The Kier molecular flexibility index (Phi) is 5.93. The molecule has 0 saturated heterocycles. The third-order valence-corrected chi connectivity index (χ3v) is 6.32. The number of benzene rings is 2. The van der Waals surface area contributed by atoms with E-state index < -0.39 is 10.0 Å². The molecule has 3 rings (SSSR count). The van der Waals surface area contributed by atoms with Gasteiger partial charge in [0.15, 0.2) is 0 Å². The molecule has 1 amide bonds. The number of carbonyl (C=O) groups is 1. The number of hydrogen-bond donors (Lipinski definition) is 1. The minimum Gasteiger partial charge on any atom is -0.496 e. The van der Waals surface area contributed by atoms with Crippen molar-refractivity contribution >= 4 is 27.3 Å². The van der Waals surface area contributed by atoms with Gasteiger partial charge in [-0.2, -0.15) is 0 Å². The van der Waals surface area contributed by atoms with Crippen LogP contribution in [0.3, 0.4) is 0 Å². The van der Waals surface area contributed by atoms with Crippen molar-refractivity contribution in [2.24, 2.45) is 0 Å². The van der Waals surface area contributed by atoms with Crippen molar-refractivity contribution in [1.82, 2.24) is 0 Å². The van der Waals surface area contributed by atoms with Gasteiger partial charge in [-0.15, -0.1) is 0 Å². The number of fused-ring (bicyclic) bond motifs is 1. The number of sulfonamides is 1. The van der Waals surface area contributed by atoms with Crippen LogP contribution in [-0.2, 0) is 21.2 Å². The summed E-state index contributed by atoms with van der Waals surface area (Å²) in [6, 6.07) is 10.1. The van der Waals surface area contributed by atoms with Crippen molar-refractivity contribution < 1.29 is 17.9 Å². The molecule has 0 saturated carbocycles. The zero-order chi connectivity index (χ0) is 20.3. The summed E-state index contributed by atoms with van der Waals surface area (Å²) in [5.74, 6) is 0.771. The van der Waals surface area contributed by atoms with Crippen LogP contribution in [0.4, 0.5) is 11.4 Å². The molecule has 0 spiro atoms. The molecular weight excluding hydrogens is 376 g/mol. The molecule has 0 radical (unpaired) electrons. The third kappa shape index (κ3) is 4.14. The average molecular weight is 403 g/mol. The fourth-order valence-corrected chi connectivity index (χ4v) is 4.55. The van der Waals surface area contributed by atoms with E-state index in [0.717, 1.165) is 29.7 Å². The summed E-state index contributed by atoms with van der Waals surface area (Å²) in [5.41, 5.74) is 3.12. The quantitative estimate of drug-likeness (QED) is 0.762. The van der Waals surface area contributed by atoms with Gasteiger partial charge in [-0.25, -0.2) is 8.42 Å². The Labute approximate surface area is 166 Å². The summed E-state index contributed by atoms with van der Waals surface area (Å²) >= 11 is 0. The van der Waals surface area contributed by atoms with E-state index in [-0.39, 0.29) is 10.8 Å². The lowest BCUT2D eigenvalue weighted by molar-refractivity contribution is -0.118. The number of amides is 1. The molecule has 28 heavy (non-hydrogen) atoms. The van der Waals surface area contributed by atoms with Crippen LogP contribution in [0.25, 0.3) is 0 Å². The Morgan fingerprint density at radius 3 is 2.61 bits per heavy atom. The standard InChI is InChI=1S/C21H26N2O4S/c1-4-5-12-23-19-9-7-17(14-16(19)6-11-21(23)24)22-28(25,26)18-8-10-20(27-3)15(2)13-18/h7-10,13-14,22H,4-6,11-12H2,1-3H3. The number of carbonyl (C=O) groups excluding carboxylic acids is 1. The van der Waals surface area contributed by atoms with Crippen molar-refractivity contribution in [1.29, 1.82) is 0 Å². The van der Waals surface area contributed by atoms with Gasteiger partial charge in [-0.05, 0) is 67.3 Å². The number of hydrogen-bond acceptors (Lipinski definition) is 4. The number of rotatable bonds is 7. The number of aryl methyl sites for hydroxylation is 2. The SMILES string of the molecule is CCCCN1C(=O)CCc2cc(NS(=O)(=O)c3ccc(OC)c(C)c3)ccc21. The van der Waals surface area contributed by atoms with Gasteiger partial charge >= 0.3 is 0 Å². The maximum Gasteiger partial charge on any atom is 0.261 e. The van der Waals surface area contributed by atoms with Gasteiger partial charge in [0, 0.05) is 24.3 Å². The summed E-state index contributed by atoms with van der Waals surface area (Å²) in [7, 11) is -2.16. The van der Waals surface area contributed by atoms with E-state index in [9.17, 15) is 13.2 Å². The fraction of sp³-hybridized carbons (Fsp3) is 0.381. The van der Waals surface area contributed by atoms with Gasteiger partial charge < -0.3 is 9.64 Å². The van der Waals surface area contributed by atoms with Crippen molar-refractivity contribution in [3.05, 3.63) is 47.5 Å². The van der Waals surface area contributed by atoms with Crippen LogP contribution >= 0.6 is 0 Å². The van der Waals surface area contributed by atoms with Gasteiger partial charge in [0.1, 0.15) is 5.75 Å². The lowest BCUT2D eigenvalue weighted by Crippen LogP contribution is -2.35. The van der Waals surface area contributed by atoms with E-state index in [4.69, 9.17) is 4.74 Å². The lowest BCUT2D eigenvalue weighted by Gasteiger charge is -2.29. The summed E-state index contributed by atoms with van der Waals surface area (Å²) in [6.45, 7) is 4.59. The number of nitrogens with zero attached hydrogens (tertiary/aromatic N) is 1. The van der Waals surface area contributed by atoms with Crippen LogP contribution in [0.5, 0.6) is 5.75 Å². The molecule has 1 N–H and O–H groups in total. The molecule has 2 aromatic rings. The van der Waals surface area contributed by atoms with Crippen LogP contribution in [0.2, 0.25) is 0 Å². The lowest BCUT2D eigenvalue weighted by atomic mass is 10.00. The molecule has 2 aromatic carbocycles. The molecular formula is C21H26N2O4S. The third-order valence-electron chi connectivity index (χ3n) is 4.94. The molecule has 0 bridgehead atoms. The fourth-order valence-electron chi connectivity index (χ4n) is 3.42. The van der Waals surface area contributed by atoms with E-state index in [1.807, 2.05) is 17.0 Å². The molecule has 7 heteroatoms. The minimum atomic E-state index is -3.71. The largest absolute Gasteiger partial charge is 0.496 e. The monoisotopic (exact) mass is 402 g/mol. The first-order valence-corrected chi connectivity index (χ1v) is 10.9. The molecule has 1 heterocycles. The molecule has 1 aliphatic rings. The van der Waals surface area contributed by atoms with Gasteiger partial charge in [-0.1, -0.05) is 13.3 Å². The number of anilines is 2. The first-order valence-electron chi connectivity index (χ1n) is 9.46. The first kappa shape index (κ1) is 20.2. The Hall–Kier alpha value is -2.54. The van der Waals surface area contributed by atoms with E-state index in [1.165, 1.54) is 6.07 Å². The van der Waals surface area contributed by atoms with Crippen LogP contribution in [-0.4, -0.2) is 28.0 Å². The van der Waals surface area contributed by atoms with E-state index in [1.54, 1.807) is 32.2 Å². The maximum absolute atomic E-state index is 12.8. The second-order valence-corrected chi connectivity index (χ2v) is 8.66. The highest BCUT2D eigenvalue weighted by Crippen LogP contribution is 2.31. The van der Waals surface area contributed by atoms with Crippen molar-refractivity contribution in [3.63, 3.8) is 0 Å². The van der Waals surface area contributed by atoms with E-state index >= 15 is 0 Å². The minimum absolute atomic E-state index is 0.128. The van der Waals surface area contributed by atoms with E-state index in [2.05, 4.69) is 11.6 Å². The first-order chi connectivity index (χ1) is 13.4. The molecule has 0 atom stereocenters. The summed E-state index contributed by atoms with van der Waals surface area (Å²) in [6.07, 6.45) is 3.02. The number of nitrogens with one attached hydrogen (secondary N) is 1. The van der Waals surface area contributed by atoms with Crippen molar-refractivity contribution in [2.75, 3.05) is 23.3 Å². The average Bonchev–Trinajstić information content (AvgIpc) is 2.67. The Morgan fingerprint density at radius 1 is 1.14 bits per heavy atom. The molecule has 0 aliphatic carbocycles. The molecule has 150 valence electrons. The van der Waals surface area contributed by atoms with Gasteiger partial charge in [0.05, 0.1) is 12.0 Å². The summed E-state index contributed by atoms with van der Waals surface area (Å²) in [5, 5.41) is 0. The van der Waals surface area contributed by atoms with E-state index in [0.29, 0.717) is 30.8 Å². The van der Waals surface area contributed by atoms with Crippen LogP contribution in [0, 0.1) is 6.92 Å². The van der Waals surface area contributed by atoms with Crippen LogP contribution in [0.1, 0.15) is 37.3 Å². The molecule has 0 aromatic heterocycles. The zero-order valence-corrected chi connectivity index (χ0v) is 17.3. The predicted molar refractivity (Wildman–Crippen MR) is 111 cm³/mol. The molecule has 6 nitrogen and oxygen atoms in total. The Morgan fingerprint density at radius 2 is 1.93 bits per heavy atom. The normalized spacial score (nSPS) is 14.0.